The van der Waals surface area contributed by atoms with Gasteiger partial charge in [0.05, 0.1) is 11.6 Å². The molecule has 0 bridgehead atoms. The maximum atomic E-state index is 13.5. The molecule has 2 atom stereocenters. The topological polar surface area (TPSA) is 79.4 Å². The van der Waals surface area contributed by atoms with Crippen molar-refractivity contribution in [2.24, 2.45) is 5.92 Å². The Morgan fingerprint density at radius 2 is 1.87 bits per heavy atom. The smallest absolute Gasteiger partial charge is 0.249 e. The van der Waals surface area contributed by atoms with Crippen LogP contribution in [0.4, 0.5) is 0 Å². The molecular formula is C23H27N3O3S. The second-order valence-corrected chi connectivity index (χ2v) is 9.51. The quantitative estimate of drug-likeness (QED) is 0.768. The standard InChI is InChI=1S/C23H27N3O3S/c1-23(2,3)25-21(28)20(18-11-7-8-12-24-18)26(14-16-9-5-4-6-10-16)22(29)17-13-19(27)30-15-17/h4-12,17,20H,13-15H2,1-3H3,(H,25,28)/t17-,20-/m1/s1. The highest BCUT2D eigenvalue weighted by molar-refractivity contribution is 8.14. The van der Waals surface area contributed by atoms with E-state index in [4.69, 9.17) is 0 Å². The lowest BCUT2D eigenvalue weighted by atomic mass is 10.0. The summed E-state index contributed by atoms with van der Waals surface area (Å²) in [4.78, 5) is 44.7. The van der Waals surface area contributed by atoms with Gasteiger partial charge in [-0.15, -0.1) is 0 Å². The first kappa shape index (κ1) is 22.0. The largest absolute Gasteiger partial charge is 0.349 e. The molecule has 30 heavy (non-hydrogen) atoms. The van der Waals surface area contributed by atoms with Gasteiger partial charge >= 0.3 is 0 Å². The Labute approximate surface area is 181 Å². The third kappa shape index (κ3) is 5.69. The summed E-state index contributed by atoms with van der Waals surface area (Å²) < 4.78 is 0. The lowest BCUT2D eigenvalue weighted by molar-refractivity contribution is -0.145. The van der Waals surface area contributed by atoms with Crippen LogP contribution in [0.15, 0.2) is 54.7 Å². The summed E-state index contributed by atoms with van der Waals surface area (Å²) >= 11 is 1.18. The molecule has 1 fully saturated rings. The minimum atomic E-state index is -0.890. The number of nitrogens with one attached hydrogen (secondary N) is 1. The van der Waals surface area contributed by atoms with E-state index in [0.29, 0.717) is 11.4 Å². The second-order valence-electron chi connectivity index (χ2n) is 8.43. The number of thioether (sulfide) groups is 1. The number of rotatable bonds is 6. The summed E-state index contributed by atoms with van der Waals surface area (Å²) in [6, 6.07) is 14.0. The number of aromatic nitrogens is 1. The van der Waals surface area contributed by atoms with E-state index in [1.165, 1.54) is 11.8 Å². The Morgan fingerprint density at radius 3 is 2.43 bits per heavy atom. The van der Waals surface area contributed by atoms with Gasteiger partial charge < -0.3 is 10.2 Å². The summed E-state index contributed by atoms with van der Waals surface area (Å²) in [5.41, 5.74) is 0.943. The number of hydrogen-bond acceptors (Lipinski definition) is 5. The molecule has 1 aliphatic rings. The molecule has 1 aliphatic heterocycles. The van der Waals surface area contributed by atoms with E-state index in [-0.39, 0.29) is 29.9 Å². The molecule has 1 N–H and O–H groups in total. The average molecular weight is 426 g/mol. The molecule has 1 aromatic heterocycles. The van der Waals surface area contributed by atoms with E-state index in [1.807, 2.05) is 51.1 Å². The van der Waals surface area contributed by atoms with Crippen LogP contribution < -0.4 is 5.32 Å². The molecule has 1 aromatic carbocycles. The maximum Gasteiger partial charge on any atom is 0.249 e. The highest BCUT2D eigenvalue weighted by Gasteiger charge is 2.39. The molecule has 0 saturated carbocycles. The van der Waals surface area contributed by atoms with Crippen LogP contribution in [0.5, 0.6) is 0 Å². The van der Waals surface area contributed by atoms with Crippen LogP contribution in [0.2, 0.25) is 0 Å². The van der Waals surface area contributed by atoms with E-state index < -0.39 is 17.5 Å². The summed E-state index contributed by atoms with van der Waals surface area (Å²) in [6.45, 7) is 5.95. The van der Waals surface area contributed by atoms with Crippen molar-refractivity contribution in [3.05, 3.63) is 66.0 Å². The van der Waals surface area contributed by atoms with Gasteiger partial charge in [-0.2, -0.15) is 0 Å². The third-order valence-electron chi connectivity index (χ3n) is 4.71. The zero-order valence-corrected chi connectivity index (χ0v) is 18.3. The van der Waals surface area contributed by atoms with Crippen LogP contribution >= 0.6 is 11.8 Å². The molecular weight excluding hydrogens is 398 g/mol. The minimum Gasteiger partial charge on any atom is -0.349 e. The lowest BCUT2D eigenvalue weighted by Gasteiger charge is -2.34. The minimum absolute atomic E-state index is 0.0153. The predicted octanol–water partition coefficient (Wildman–Crippen LogP) is 3.35. The first-order valence-corrected chi connectivity index (χ1v) is 11.0. The van der Waals surface area contributed by atoms with Crippen molar-refractivity contribution in [1.82, 2.24) is 15.2 Å². The van der Waals surface area contributed by atoms with E-state index in [0.717, 1.165) is 5.56 Å². The fraction of sp³-hybridized carbons (Fsp3) is 0.391. The van der Waals surface area contributed by atoms with Crippen LogP contribution in [0.1, 0.15) is 44.5 Å². The molecule has 0 spiro atoms. The zero-order chi connectivity index (χ0) is 21.7. The van der Waals surface area contributed by atoms with Gasteiger partial charge in [-0.05, 0) is 38.5 Å². The Kier molecular flexibility index (Phi) is 6.92. The van der Waals surface area contributed by atoms with Gasteiger partial charge in [0, 0.05) is 30.5 Å². The monoisotopic (exact) mass is 425 g/mol. The molecule has 0 unspecified atom stereocenters. The van der Waals surface area contributed by atoms with Gasteiger partial charge in [0.2, 0.25) is 11.8 Å². The van der Waals surface area contributed by atoms with Gasteiger partial charge in [0.1, 0.15) is 0 Å². The van der Waals surface area contributed by atoms with Crippen molar-refractivity contribution in [2.75, 3.05) is 5.75 Å². The fourth-order valence-electron chi connectivity index (χ4n) is 3.39. The van der Waals surface area contributed by atoms with Gasteiger partial charge in [0.15, 0.2) is 11.2 Å². The molecule has 2 heterocycles. The third-order valence-corrected chi connectivity index (χ3v) is 5.77. The molecule has 1 saturated heterocycles. The van der Waals surface area contributed by atoms with E-state index >= 15 is 0 Å². The molecule has 158 valence electrons. The Hall–Kier alpha value is -2.67. The molecule has 0 radical (unpaired) electrons. The van der Waals surface area contributed by atoms with Crippen molar-refractivity contribution in [3.8, 4) is 0 Å². The van der Waals surface area contributed by atoms with Crippen LogP contribution in [0.3, 0.4) is 0 Å². The van der Waals surface area contributed by atoms with Crippen LogP contribution in [-0.2, 0) is 20.9 Å². The molecule has 2 amide bonds. The Balaban J connectivity index is 2.01. The number of pyridine rings is 1. The van der Waals surface area contributed by atoms with Crippen molar-refractivity contribution in [2.45, 2.75) is 45.3 Å². The first-order valence-electron chi connectivity index (χ1n) is 9.97. The zero-order valence-electron chi connectivity index (χ0n) is 17.5. The Bertz CT molecular complexity index is 897. The number of amides is 2. The number of nitrogens with zero attached hydrogens (tertiary/aromatic N) is 2. The normalized spacial score (nSPS) is 17.4. The van der Waals surface area contributed by atoms with Crippen LogP contribution in [0.25, 0.3) is 0 Å². The van der Waals surface area contributed by atoms with Crippen molar-refractivity contribution in [3.63, 3.8) is 0 Å². The molecule has 3 rings (SSSR count). The van der Waals surface area contributed by atoms with Gasteiger partial charge in [-0.25, -0.2) is 0 Å². The first-order chi connectivity index (χ1) is 14.2. The molecule has 2 aromatic rings. The number of benzene rings is 1. The van der Waals surface area contributed by atoms with Gasteiger partial charge in [0.25, 0.3) is 0 Å². The van der Waals surface area contributed by atoms with Crippen molar-refractivity contribution in [1.29, 1.82) is 0 Å². The van der Waals surface area contributed by atoms with Gasteiger partial charge in [-0.3, -0.25) is 19.4 Å². The number of carbonyl (C=O) groups is 3. The highest BCUT2D eigenvalue weighted by atomic mass is 32.2. The Morgan fingerprint density at radius 1 is 1.17 bits per heavy atom. The number of hydrogen-bond donors (Lipinski definition) is 1. The molecule has 0 aliphatic carbocycles. The van der Waals surface area contributed by atoms with E-state index in [2.05, 4.69) is 10.3 Å². The van der Waals surface area contributed by atoms with E-state index in [1.54, 1.807) is 29.3 Å². The SMILES string of the molecule is CC(C)(C)NC(=O)[C@@H](c1ccccn1)N(Cc1ccccc1)C(=O)[C@H]1CSC(=O)C1. The second kappa shape index (κ2) is 9.43. The molecule has 6 nitrogen and oxygen atoms in total. The summed E-state index contributed by atoms with van der Waals surface area (Å²) in [7, 11) is 0. The highest BCUT2D eigenvalue weighted by Crippen LogP contribution is 2.31. The average Bonchev–Trinajstić information content (AvgIpc) is 3.13. The maximum absolute atomic E-state index is 13.5. The lowest BCUT2D eigenvalue weighted by Crippen LogP contribution is -2.50. The summed E-state index contributed by atoms with van der Waals surface area (Å²) in [5, 5.41) is 3.01. The summed E-state index contributed by atoms with van der Waals surface area (Å²) in [5.74, 6) is -0.474. The summed E-state index contributed by atoms with van der Waals surface area (Å²) in [6.07, 6.45) is 1.82. The van der Waals surface area contributed by atoms with Crippen LogP contribution in [0, 0.1) is 5.92 Å². The fourth-order valence-corrected chi connectivity index (χ4v) is 4.36. The van der Waals surface area contributed by atoms with Crippen molar-refractivity contribution >= 4 is 28.7 Å². The number of carbonyl (C=O) groups excluding carboxylic acids is 3. The van der Waals surface area contributed by atoms with Gasteiger partial charge in [-0.1, -0.05) is 48.2 Å². The van der Waals surface area contributed by atoms with Crippen molar-refractivity contribution < 1.29 is 14.4 Å². The van der Waals surface area contributed by atoms with E-state index in [9.17, 15) is 14.4 Å². The van der Waals surface area contributed by atoms with Crippen LogP contribution in [-0.4, -0.2) is 38.1 Å². The predicted molar refractivity (Wildman–Crippen MR) is 117 cm³/mol. The molecule has 7 heteroatoms.